The van der Waals surface area contributed by atoms with Crippen LogP contribution in [0.2, 0.25) is 0 Å². The number of alkyl halides is 3. The SMILES string of the molecule is OCC1CNCCN1c1ncc(C(F)(F)F)cn1. The van der Waals surface area contributed by atoms with Crippen molar-refractivity contribution in [2.75, 3.05) is 31.1 Å². The van der Waals surface area contributed by atoms with Crippen molar-refractivity contribution >= 4 is 5.95 Å². The summed E-state index contributed by atoms with van der Waals surface area (Å²) in [5, 5.41) is 12.3. The van der Waals surface area contributed by atoms with Crippen LogP contribution in [0.4, 0.5) is 19.1 Å². The molecule has 2 heterocycles. The van der Waals surface area contributed by atoms with Gasteiger partial charge < -0.3 is 15.3 Å². The summed E-state index contributed by atoms with van der Waals surface area (Å²) < 4.78 is 37.1. The van der Waals surface area contributed by atoms with Gasteiger partial charge in [0, 0.05) is 32.0 Å². The molecule has 1 fully saturated rings. The molecule has 0 aromatic carbocycles. The molecule has 1 unspecified atom stereocenters. The fourth-order valence-corrected chi connectivity index (χ4v) is 1.80. The Hall–Kier alpha value is -1.41. The van der Waals surface area contributed by atoms with Gasteiger partial charge in [0.1, 0.15) is 0 Å². The molecule has 1 saturated heterocycles. The summed E-state index contributed by atoms with van der Waals surface area (Å²) >= 11 is 0. The minimum Gasteiger partial charge on any atom is -0.394 e. The molecule has 100 valence electrons. The molecule has 0 radical (unpaired) electrons. The molecule has 2 N–H and O–H groups in total. The Morgan fingerprint density at radius 3 is 2.61 bits per heavy atom. The first-order chi connectivity index (χ1) is 8.52. The monoisotopic (exact) mass is 262 g/mol. The number of piperazine rings is 1. The number of halogens is 3. The lowest BCUT2D eigenvalue weighted by Crippen LogP contribution is -2.53. The van der Waals surface area contributed by atoms with Gasteiger partial charge in [-0.2, -0.15) is 13.2 Å². The van der Waals surface area contributed by atoms with Crippen molar-refractivity contribution in [2.24, 2.45) is 0 Å². The maximum absolute atomic E-state index is 12.4. The van der Waals surface area contributed by atoms with Gasteiger partial charge >= 0.3 is 6.18 Å². The normalized spacial score (nSPS) is 21.1. The highest BCUT2D eigenvalue weighted by atomic mass is 19.4. The summed E-state index contributed by atoms with van der Waals surface area (Å²) in [6.07, 6.45) is -2.91. The molecule has 0 saturated carbocycles. The third-order valence-corrected chi connectivity index (χ3v) is 2.78. The van der Waals surface area contributed by atoms with Crippen molar-refractivity contribution in [3.63, 3.8) is 0 Å². The molecule has 1 aromatic rings. The number of aliphatic hydroxyl groups is 1. The molecule has 1 aliphatic heterocycles. The van der Waals surface area contributed by atoms with Crippen molar-refractivity contribution in [2.45, 2.75) is 12.2 Å². The average Bonchev–Trinajstić information content (AvgIpc) is 2.38. The van der Waals surface area contributed by atoms with Crippen molar-refractivity contribution in [1.82, 2.24) is 15.3 Å². The van der Waals surface area contributed by atoms with Gasteiger partial charge in [-0.05, 0) is 0 Å². The highest BCUT2D eigenvalue weighted by Gasteiger charge is 2.32. The summed E-state index contributed by atoms with van der Waals surface area (Å²) in [5.41, 5.74) is -0.873. The highest BCUT2D eigenvalue weighted by Crippen LogP contribution is 2.28. The smallest absolute Gasteiger partial charge is 0.394 e. The first-order valence-corrected chi connectivity index (χ1v) is 5.50. The summed E-state index contributed by atoms with van der Waals surface area (Å²) in [6.45, 7) is 1.69. The lowest BCUT2D eigenvalue weighted by atomic mass is 10.2. The van der Waals surface area contributed by atoms with Crippen molar-refractivity contribution in [1.29, 1.82) is 0 Å². The highest BCUT2D eigenvalue weighted by molar-refractivity contribution is 5.33. The summed E-state index contributed by atoms with van der Waals surface area (Å²) in [7, 11) is 0. The molecule has 1 atom stereocenters. The third-order valence-electron chi connectivity index (χ3n) is 2.78. The van der Waals surface area contributed by atoms with Crippen LogP contribution in [0, 0.1) is 0 Å². The van der Waals surface area contributed by atoms with E-state index in [1.54, 1.807) is 4.90 Å². The van der Waals surface area contributed by atoms with Crippen LogP contribution in [-0.4, -0.2) is 47.4 Å². The summed E-state index contributed by atoms with van der Waals surface area (Å²) in [6, 6.07) is -0.213. The van der Waals surface area contributed by atoms with Gasteiger partial charge in [0.05, 0.1) is 18.2 Å². The number of hydrogen-bond donors (Lipinski definition) is 2. The molecule has 0 amide bonds. The second kappa shape index (κ2) is 5.07. The van der Waals surface area contributed by atoms with Crippen LogP contribution in [0.3, 0.4) is 0 Å². The van der Waals surface area contributed by atoms with E-state index in [2.05, 4.69) is 15.3 Å². The zero-order valence-electron chi connectivity index (χ0n) is 9.48. The second-order valence-corrected chi connectivity index (χ2v) is 4.00. The van der Waals surface area contributed by atoms with E-state index < -0.39 is 11.7 Å². The van der Waals surface area contributed by atoms with Gasteiger partial charge in [-0.25, -0.2) is 9.97 Å². The van der Waals surface area contributed by atoms with E-state index in [4.69, 9.17) is 0 Å². The first kappa shape index (κ1) is 13.0. The topological polar surface area (TPSA) is 61.3 Å². The van der Waals surface area contributed by atoms with E-state index in [0.29, 0.717) is 19.6 Å². The van der Waals surface area contributed by atoms with Crippen molar-refractivity contribution in [3.05, 3.63) is 18.0 Å². The standard InChI is InChI=1S/C10H13F3N4O/c11-10(12,13)7-3-15-9(16-4-7)17-2-1-14-5-8(17)6-18/h3-4,8,14,18H,1-2,5-6H2. The van der Waals surface area contributed by atoms with Crippen LogP contribution < -0.4 is 10.2 Å². The van der Waals surface area contributed by atoms with E-state index in [9.17, 15) is 18.3 Å². The maximum atomic E-state index is 12.4. The average molecular weight is 262 g/mol. The van der Waals surface area contributed by atoms with E-state index in [0.717, 1.165) is 12.4 Å². The minimum atomic E-state index is -4.43. The molecular formula is C10H13F3N4O. The molecular weight excluding hydrogens is 249 g/mol. The predicted molar refractivity (Wildman–Crippen MR) is 58.1 cm³/mol. The van der Waals surface area contributed by atoms with Crippen LogP contribution in [0.15, 0.2) is 12.4 Å². The Balaban J connectivity index is 2.18. The van der Waals surface area contributed by atoms with Gasteiger partial charge in [-0.3, -0.25) is 0 Å². The van der Waals surface area contributed by atoms with E-state index >= 15 is 0 Å². The number of rotatable bonds is 2. The fourth-order valence-electron chi connectivity index (χ4n) is 1.80. The Morgan fingerprint density at radius 2 is 2.06 bits per heavy atom. The molecule has 0 bridgehead atoms. The van der Waals surface area contributed by atoms with Gasteiger partial charge in [-0.1, -0.05) is 0 Å². The molecule has 18 heavy (non-hydrogen) atoms. The number of aliphatic hydroxyl groups excluding tert-OH is 1. The minimum absolute atomic E-state index is 0.0998. The van der Waals surface area contributed by atoms with Crippen LogP contribution in [-0.2, 0) is 6.18 Å². The van der Waals surface area contributed by atoms with Gasteiger partial charge in [0.2, 0.25) is 5.95 Å². The fraction of sp³-hybridized carbons (Fsp3) is 0.600. The molecule has 0 aliphatic carbocycles. The molecule has 2 rings (SSSR count). The largest absolute Gasteiger partial charge is 0.419 e. The molecule has 1 aromatic heterocycles. The predicted octanol–water partition coefficient (Wildman–Crippen LogP) is 0.266. The lowest BCUT2D eigenvalue weighted by molar-refractivity contribution is -0.138. The van der Waals surface area contributed by atoms with Crippen molar-refractivity contribution in [3.8, 4) is 0 Å². The maximum Gasteiger partial charge on any atom is 0.419 e. The molecule has 5 nitrogen and oxygen atoms in total. The Labute approximate surface area is 102 Å². The Kier molecular flexibility index (Phi) is 3.67. The van der Waals surface area contributed by atoms with E-state index in [1.807, 2.05) is 0 Å². The van der Waals surface area contributed by atoms with Crippen LogP contribution >= 0.6 is 0 Å². The Bertz CT molecular complexity index is 395. The second-order valence-electron chi connectivity index (χ2n) is 4.00. The first-order valence-electron chi connectivity index (χ1n) is 5.50. The zero-order chi connectivity index (χ0) is 13.2. The molecule has 8 heteroatoms. The van der Waals surface area contributed by atoms with Crippen LogP contribution in [0.5, 0.6) is 0 Å². The van der Waals surface area contributed by atoms with Gasteiger partial charge in [0.15, 0.2) is 0 Å². The molecule has 0 spiro atoms. The lowest BCUT2D eigenvalue weighted by Gasteiger charge is -2.35. The summed E-state index contributed by atoms with van der Waals surface area (Å²) in [4.78, 5) is 9.15. The number of anilines is 1. The Morgan fingerprint density at radius 1 is 1.39 bits per heavy atom. The molecule has 1 aliphatic rings. The van der Waals surface area contributed by atoms with Crippen molar-refractivity contribution < 1.29 is 18.3 Å². The number of nitrogens with zero attached hydrogens (tertiary/aromatic N) is 3. The third kappa shape index (κ3) is 2.70. The quantitative estimate of drug-likeness (QED) is 0.801. The van der Waals surface area contributed by atoms with E-state index in [1.165, 1.54) is 0 Å². The van der Waals surface area contributed by atoms with Gasteiger partial charge in [0.25, 0.3) is 0 Å². The number of aromatic nitrogens is 2. The number of hydrogen-bond acceptors (Lipinski definition) is 5. The van der Waals surface area contributed by atoms with Gasteiger partial charge in [-0.15, -0.1) is 0 Å². The number of nitrogens with one attached hydrogen (secondary N) is 1. The summed E-state index contributed by atoms with van der Waals surface area (Å²) in [5.74, 6) is 0.212. The van der Waals surface area contributed by atoms with E-state index in [-0.39, 0.29) is 18.6 Å². The zero-order valence-corrected chi connectivity index (χ0v) is 9.48. The van der Waals surface area contributed by atoms with Crippen LogP contribution in [0.25, 0.3) is 0 Å². The van der Waals surface area contributed by atoms with Crippen LogP contribution in [0.1, 0.15) is 5.56 Å².